The van der Waals surface area contributed by atoms with Gasteiger partial charge in [0.1, 0.15) is 0 Å². The minimum atomic E-state index is -4.44. The van der Waals surface area contributed by atoms with E-state index in [1.165, 1.54) is 11.3 Å². The molecule has 116 valence electrons. The van der Waals surface area contributed by atoms with Gasteiger partial charge in [-0.1, -0.05) is 6.07 Å². The van der Waals surface area contributed by atoms with E-state index in [0.717, 1.165) is 6.07 Å². The monoisotopic (exact) mass is 325 g/mol. The molecular formula is C15H14F3N3S. The zero-order valence-corrected chi connectivity index (χ0v) is 13.1. The molecule has 3 aromatic heterocycles. The third-order valence-electron chi connectivity index (χ3n) is 3.41. The van der Waals surface area contributed by atoms with Gasteiger partial charge in [-0.25, -0.2) is 9.67 Å². The smallest absolute Gasteiger partial charge is 0.244 e. The number of rotatable bonds is 2. The van der Waals surface area contributed by atoms with Gasteiger partial charge in [0, 0.05) is 6.04 Å². The van der Waals surface area contributed by atoms with Crippen molar-refractivity contribution in [3.63, 3.8) is 0 Å². The largest absolute Gasteiger partial charge is 0.417 e. The van der Waals surface area contributed by atoms with Crippen molar-refractivity contribution in [3.8, 4) is 10.6 Å². The minimum Gasteiger partial charge on any atom is -0.244 e. The van der Waals surface area contributed by atoms with Crippen LogP contribution in [0, 0.1) is 6.92 Å². The van der Waals surface area contributed by atoms with Gasteiger partial charge in [0.25, 0.3) is 0 Å². The van der Waals surface area contributed by atoms with E-state index in [1.807, 2.05) is 19.2 Å². The highest BCUT2D eigenvalue weighted by Gasteiger charge is 2.35. The lowest BCUT2D eigenvalue weighted by atomic mass is 10.1. The average molecular weight is 325 g/mol. The Labute approximate surface area is 129 Å². The maximum atomic E-state index is 13.5. The zero-order chi connectivity index (χ0) is 16.1. The lowest BCUT2D eigenvalue weighted by Crippen LogP contribution is -2.08. The SMILES string of the molecule is Cc1nn(C(C)C)c2nc(-c3cccs3)cc(C(F)(F)F)c12. The number of fused-ring (bicyclic) bond motifs is 1. The fourth-order valence-corrected chi connectivity index (χ4v) is 3.13. The van der Waals surface area contributed by atoms with Crippen LogP contribution in [0.3, 0.4) is 0 Å². The Bertz CT molecular complexity index is 817. The van der Waals surface area contributed by atoms with Gasteiger partial charge in [0.15, 0.2) is 5.65 Å². The first-order chi connectivity index (χ1) is 10.3. The van der Waals surface area contributed by atoms with Crippen LogP contribution >= 0.6 is 11.3 Å². The molecule has 7 heteroatoms. The van der Waals surface area contributed by atoms with Crippen molar-refractivity contribution < 1.29 is 13.2 Å². The molecule has 0 fully saturated rings. The maximum absolute atomic E-state index is 13.5. The first-order valence-electron chi connectivity index (χ1n) is 6.80. The van der Waals surface area contributed by atoms with E-state index in [-0.39, 0.29) is 17.1 Å². The van der Waals surface area contributed by atoms with Crippen LogP contribution in [0.1, 0.15) is 31.1 Å². The number of hydrogen-bond acceptors (Lipinski definition) is 3. The van der Waals surface area contributed by atoms with E-state index in [4.69, 9.17) is 0 Å². The van der Waals surface area contributed by atoms with Crippen LogP contribution in [-0.2, 0) is 6.18 Å². The Morgan fingerprint density at radius 2 is 2.00 bits per heavy atom. The van der Waals surface area contributed by atoms with Gasteiger partial charge in [-0.2, -0.15) is 18.3 Å². The highest BCUT2D eigenvalue weighted by Crippen LogP contribution is 2.39. The molecule has 0 saturated carbocycles. The van der Waals surface area contributed by atoms with Crippen molar-refractivity contribution in [2.24, 2.45) is 0 Å². The van der Waals surface area contributed by atoms with Crippen molar-refractivity contribution in [2.45, 2.75) is 33.0 Å². The van der Waals surface area contributed by atoms with E-state index in [0.29, 0.717) is 16.3 Å². The van der Waals surface area contributed by atoms with Gasteiger partial charge in [-0.3, -0.25) is 0 Å². The summed E-state index contributed by atoms with van der Waals surface area (Å²) in [5.41, 5.74) is 0.286. The van der Waals surface area contributed by atoms with Gasteiger partial charge >= 0.3 is 6.18 Å². The Morgan fingerprint density at radius 3 is 2.55 bits per heavy atom. The van der Waals surface area contributed by atoms with Crippen molar-refractivity contribution in [1.82, 2.24) is 14.8 Å². The van der Waals surface area contributed by atoms with E-state index >= 15 is 0 Å². The topological polar surface area (TPSA) is 30.7 Å². The number of thiophene rings is 1. The normalized spacial score (nSPS) is 12.5. The molecule has 0 aliphatic heterocycles. The Morgan fingerprint density at radius 1 is 1.27 bits per heavy atom. The van der Waals surface area contributed by atoms with Crippen molar-refractivity contribution in [1.29, 1.82) is 0 Å². The van der Waals surface area contributed by atoms with Gasteiger partial charge in [-0.05, 0) is 38.3 Å². The molecule has 0 radical (unpaired) electrons. The van der Waals surface area contributed by atoms with E-state index < -0.39 is 11.7 Å². The highest BCUT2D eigenvalue weighted by molar-refractivity contribution is 7.13. The van der Waals surface area contributed by atoms with Crippen LogP contribution in [0.4, 0.5) is 13.2 Å². The number of aryl methyl sites for hydroxylation is 1. The number of nitrogens with zero attached hydrogens (tertiary/aromatic N) is 3. The van der Waals surface area contributed by atoms with Crippen LogP contribution in [0.5, 0.6) is 0 Å². The third-order valence-corrected chi connectivity index (χ3v) is 4.30. The fraction of sp³-hybridized carbons (Fsp3) is 0.333. The fourth-order valence-electron chi connectivity index (χ4n) is 2.45. The number of pyridine rings is 1. The summed E-state index contributed by atoms with van der Waals surface area (Å²) in [7, 11) is 0. The molecule has 3 aromatic rings. The summed E-state index contributed by atoms with van der Waals surface area (Å²) in [4.78, 5) is 5.15. The number of aromatic nitrogens is 3. The lowest BCUT2D eigenvalue weighted by molar-refractivity contribution is -0.136. The summed E-state index contributed by atoms with van der Waals surface area (Å²) in [6.07, 6.45) is -4.44. The summed E-state index contributed by atoms with van der Waals surface area (Å²) in [6, 6.07) is 4.61. The van der Waals surface area contributed by atoms with Crippen LogP contribution in [0.15, 0.2) is 23.6 Å². The van der Waals surface area contributed by atoms with E-state index in [1.54, 1.807) is 23.7 Å². The maximum Gasteiger partial charge on any atom is 0.417 e. The van der Waals surface area contributed by atoms with Gasteiger partial charge in [-0.15, -0.1) is 11.3 Å². The molecule has 0 unspecified atom stereocenters. The molecule has 0 N–H and O–H groups in total. The molecule has 0 amide bonds. The lowest BCUT2D eigenvalue weighted by Gasteiger charge is -2.12. The first kappa shape index (κ1) is 15.0. The van der Waals surface area contributed by atoms with Crippen LogP contribution in [0.2, 0.25) is 0 Å². The molecule has 22 heavy (non-hydrogen) atoms. The van der Waals surface area contributed by atoms with Gasteiger partial charge < -0.3 is 0 Å². The highest BCUT2D eigenvalue weighted by atomic mass is 32.1. The predicted molar refractivity (Wildman–Crippen MR) is 81.0 cm³/mol. The molecule has 0 aromatic carbocycles. The van der Waals surface area contributed by atoms with Crippen molar-refractivity contribution >= 4 is 22.4 Å². The van der Waals surface area contributed by atoms with E-state index in [9.17, 15) is 13.2 Å². The Kier molecular flexibility index (Phi) is 3.47. The quantitative estimate of drug-likeness (QED) is 0.659. The second-order valence-corrected chi connectivity index (χ2v) is 6.30. The molecule has 3 nitrogen and oxygen atoms in total. The predicted octanol–water partition coefficient (Wildman–Crippen LogP) is 5.07. The molecule has 3 heterocycles. The molecule has 0 bridgehead atoms. The molecule has 3 rings (SSSR count). The first-order valence-corrected chi connectivity index (χ1v) is 7.68. The third kappa shape index (κ3) is 2.39. The van der Waals surface area contributed by atoms with Crippen molar-refractivity contribution in [2.75, 3.05) is 0 Å². The Hall–Kier alpha value is -1.89. The van der Waals surface area contributed by atoms with Crippen LogP contribution in [-0.4, -0.2) is 14.8 Å². The summed E-state index contributed by atoms with van der Waals surface area (Å²) >= 11 is 1.37. The summed E-state index contributed by atoms with van der Waals surface area (Å²) in [6.45, 7) is 5.33. The number of hydrogen-bond donors (Lipinski definition) is 0. The summed E-state index contributed by atoms with van der Waals surface area (Å²) in [5, 5.41) is 6.15. The molecule has 0 spiro atoms. The van der Waals surface area contributed by atoms with Gasteiger partial charge in [0.05, 0.1) is 27.2 Å². The van der Waals surface area contributed by atoms with Gasteiger partial charge in [0.2, 0.25) is 0 Å². The standard InChI is InChI=1S/C15H14F3N3S/c1-8(2)21-14-13(9(3)20-21)10(15(16,17)18)7-11(19-14)12-5-4-6-22-12/h4-8H,1-3H3. The minimum absolute atomic E-state index is 0.0663. The molecule has 0 aliphatic carbocycles. The molecule has 0 atom stereocenters. The summed E-state index contributed by atoms with van der Waals surface area (Å²) < 4.78 is 42.0. The number of halogens is 3. The van der Waals surface area contributed by atoms with E-state index in [2.05, 4.69) is 10.1 Å². The summed E-state index contributed by atoms with van der Waals surface area (Å²) in [5.74, 6) is 0. The molecular weight excluding hydrogens is 311 g/mol. The van der Waals surface area contributed by atoms with Crippen LogP contribution in [0.25, 0.3) is 21.6 Å². The second kappa shape index (κ2) is 5.08. The second-order valence-electron chi connectivity index (χ2n) is 5.35. The molecule has 0 aliphatic rings. The average Bonchev–Trinajstić information content (AvgIpc) is 3.05. The Balaban J connectivity index is 2.40. The van der Waals surface area contributed by atoms with Crippen LogP contribution < -0.4 is 0 Å². The number of alkyl halides is 3. The van der Waals surface area contributed by atoms with Crippen molar-refractivity contribution in [3.05, 3.63) is 34.8 Å². The molecule has 0 saturated heterocycles. The zero-order valence-electron chi connectivity index (χ0n) is 12.3.